The number of fused-ring (bicyclic) bond motifs is 2. The summed E-state index contributed by atoms with van der Waals surface area (Å²) in [4.78, 5) is 16.0. The third kappa shape index (κ3) is 3.95. The molecule has 0 radical (unpaired) electrons. The van der Waals surface area contributed by atoms with Crippen molar-refractivity contribution < 1.29 is 4.74 Å². The number of H-pyrrole nitrogens is 1. The zero-order valence-electron chi connectivity index (χ0n) is 21.3. The van der Waals surface area contributed by atoms with Crippen LogP contribution >= 0.6 is 0 Å². The first-order valence-electron chi connectivity index (χ1n) is 13.2. The summed E-state index contributed by atoms with van der Waals surface area (Å²) in [6, 6.07) is 5.16. The molecule has 1 saturated carbocycles. The van der Waals surface area contributed by atoms with Crippen molar-refractivity contribution >= 4 is 16.7 Å². The zero-order valence-corrected chi connectivity index (χ0v) is 21.3. The molecule has 0 spiro atoms. The van der Waals surface area contributed by atoms with Crippen LogP contribution in [0.1, 0.15) is 80.2 Å². The molecule has 7 nitrogen and oxygen atoms in total. The summed E-state index contributed by atoms with van der Waals surface area (Å²) in [5.41, 5.74) is 10.4. The molecule has 0 atom stereocenters. The first-order chi connectivity index (χ1) is 17.0. The molecule has 0 aromatic carbocycles. The van der Waals surface area contributed by atoms with Crippen molar-refractivity contribution in [3.63, 3.8) is 0 Å². The molecule has 1 aliphatic carbocycles. The van der Waals surface area contributed by atoms with E-state index < -0.39 is 0 Å². The van der Waals surface area contributed by atoms with E-state index >= 15 is 0 Å². The minimum absolute atomic E-state index is 0.350. The molecule has 2 aliphatic rings. The molecule has 0 unspecified atom stereocenters. The highest BCUT2D eigenvalue weighted by atomic mass is 16.5. The first-order valence-corrected chi connectivity index (χ1v) is 13.2. The van der Waals surface area contributed by atoms with E-state index in [1.165, 1.54) is 54.6 Å². The Morgan fingerprint density at radius 1 is 1.09 bits per heavy atom. The number of aromatic nitrogens is 5. The summed E-state index contributed by atoms with van der Waals surface area (Å²) >= 11 is 0. The minimum atomic E-state index is 0.350. The second-order valence-electron chi connectivity index (χ2n) is 10.7. The Morgan fingerprint density at radius 3 is 2.66 bits per heavy atom. The molecule has 184 valence electrons. The Balaban J connectivity index is 1.34. The Kier molecular flexibility index (Phi) is 5.85. The smallest absolute Gasteiger partial charge is 0.158 e. The number of pyridine rings is 2. The first kappa shape index (κ1) is 22.7. The van der Waals surface area contributed by atoms with Gasteiger partial charge in [0, 0.05) is 48.1 Å². The van der Waals surface area contributed by atoms with Gasteiger partial charge in [0.15, 0.2) is 5.65 Å². The van der Waals surface area contributed by atoms with Gasteiger partial charge in [-0.3, -0.25) is 9.88 Å². The van der Waals surface area contributed by atoms with Crippen LogP contribution in [-0.4, -0.2) is 55.4 Å². The van der Waals surface area contributed by atoms with Gasteiger partial charge in [0.05, 0.1) is 23.5 Å². The predicted octanol–water partition coefficient (Wildman–Crippen LogP) is 5.72. The van der Waals surface area contributed by atoms with Gasteiger partial charge in [0.1, 0.15) is 6.33 Å². The maximum Gasteiger partial charge on any atom is 0.158 e. The van der Waals surface area contributed by atoms with Gasteiger partial charge < -0.3 is 9.72 Å². The molecule has 2 fully saturated rings. The van der Waals surface area contributed by atoms with Gasteiger partial charge in [0.2, 0.25) is 0 Å². The van der Waals surface area contributed by atoms with Crippen LogP contribution in [-0.2, 0) is 4.74 Å². The van der Waals surface area contributed by atoms with Gasteiger partial charge in [-0.2, -0.15) is 5.10 Å². The number of nitrogens with one attached hydrogen (secondary N) is 1. The molecule has 1 aliphatic heterocycles. The Morgan fingerprint density at radius 2 is 1.91 bits per heavy atom. The van der Waals surface area contributed by atoms with E-state index in [2.05, 4.69) is 66.0 Å². The summed E-state index contributed by atoms with van der Waals surface area (Å²) in [7, 11) is 0. The van der Waals surface area contributed by atoms with Crippen LogP contribution in [0, 0.1) is 13.8 Å². The molecule has 35 heavy (non-hydrogen) atoms. The minimum Gasteiger partial charge on any atom is -0.366 e. The van der Waals surface area contributed by atoms with E-state index in [1.54, 1.807) is 6.33 Å². The lowest BCUT2D eigenvalue weighted by Gasteiger charge is -2.38. The second-order valence-corrected chi connectivity index (χ2v) is 10.7. The van der Waals surface area contributed by atoms with Crippen molar-refractivity contribution in [3.05, 3.63) is 47.0 Å². The van der Waals surface area contributed by atoms with E-state index in [0.717, 1.165) is 47.7 Å². The van der Waals surface area contributed by atoms with Crippen LogP contribution in [0.2, 0.25) is 0 Å². The SMILES string of the molecule is Cc1c(-c2[nH]c3ccc(C4CCC(N5CCCOC5)CC4)nc3c2C(C)C)cn2ncnc2c1C. The maximum atomic E-state index is 5.71. The van der Waals surface area contributed by atoms with Gasteiger partial charge in [-0.25, -0.2) is 9.50 Å². The van der Waals surface area contributed by atoms with Gasteiger partial charge in [-0.05, 0) is 75.1 Å². The molecule has 1 N–H and O–H groups in total. The summed E-state index contributed by atoms with van der Waals surface area (Å²) < 4.78 is 7.59. The lowest BCUT2D eigenvalue weighted by atomic mass is 9.83. The Labute approximate surface area is 206 Å². The molecule has 1 saturated heterocycles. The van der Waals surface area contributed by atoms with Crippen molar-refractivity contribution in [2.24, 2.45) is 0 Å². The van der Waals surface area contributed by atoms with E-state index in [-0.39, 0.29) is 0 Å². The molecule has 0 amide bonds. The van der Waals surface area contributed by atoms with Gasteiger partial charge in [-0.15, -0.1) is 0 Å². The highest BCUT2D eigenvalue weighted by Gasteiger charge is 2.29. The maximum absolute atomic E-state index is 5.71. The zero-order chi connectivity index (χ0) is 24.1. The molecule has 7 heteroatoms. The fraction of sp³-hybridized carbons (Fsp3) is 0.536. The molecular weight excluding hydrogens is 436 g/mol. The largest absolute Gasteiger partial charge is 0.366 e. The van der Waals surface area contributed by atoms with Crippen molar-refractivity contribution in [2.45, 2.75) is 77.7 Å². The highest BCUT2D eigenvalue weighted by Crippen LogP contribution is 2.39. The average molecular weight is 473 g/mol. The Bertz CT molecular complexity index is 1360. The highest BCUT2D eigenvalue weighted by molar-refractivity contribution is 5.89. The van der Waals surface area contributed by atoms with Crippen LogP contribution < -0.4 is 0 Å². The van der Waals surface area contributed by atoms with Gasteiger partial charge in [-0.1, -0.05) is 13.8 Å². The number of hydrogen-bond donors (Lipinski definition) is 1. The summed E-state index contributed by atoms with van der Waals surface area (Å²) in [5, 5.41) is 4.42. The number of rotatable bonds is 4. The number of nitrogens with zero attached hydrogens (tertiary/aromatic N) is 5. The third-order valence-electron chi connectivity index (χ3n) is 8.30. The monoisotopic (exact) mass is 472 g/mol. The third-order valence-corrected chi connectivity index (χ3v) is 8.30. The number of aromatic amines is 1. The van der Waals surface area contributed by atoms with E-state index in [9.17, 15) is 0 Å². The van der Waals surface area contributed by atoms with E-state index in [0.29, 0.717) is 17.9 Å². The van der Waals surface area contributed by atoms with Crippen LogP contribution in [0.3, 0.4) is 0 Å². The summed E-state index contributed by atoms with van der Waals surface area (Å²) in [6.45, 7) is 11.7. The second kappa shape index (κ2) is 9.03. The normalized spacial score (nSPS) is 22.0. The molecule has 0 bridgehead atoms. The van der Waals surface area contributed by atoms with Gasteiger partial charge >= 0.3 is 0 Å². The van der Waals surface area contributed by atoms with Crippen LogP contribution in [0.5, 0.6) is 0 Å². The van der Waals surface area contributed by atoms with Crippen LogP contribution in [0.15, 0.2) is 24.7 Å². The van der Waals surface area contributed by atoms with E-state index in [4.69, 9.17) is 9.72 Å². The lowest BCUT2D eigenvalue weighted by molar-refractivity contribution is -0.0438. The number of ether oxygens (including phenoxy) is 1. The van der Waals surface area contributed by atoms with Crippen molar-refractivity contribution in [1.29, 1.82) is 0 Å². The summed E-state index contributed by atoms with van der Waals surface area (Å²) in [5.74, 6) is 0.887. The molecule has 4 aromatic heterocycles. The quantitative estimate of drug-likeness (QED) is 0.411. The molecule has 5 heterocycles. The number of hydrogen-bond acceptors (Lipinski definition) is 5. The fourth-order valence-corrected chi connectivity index (χ4v) is 6.20. The van der Waals surface area contributed by atoms with Crippen molar-refractivity contribution in [3.8, 4) is 11.3 Å². The molecule has 6 rings (SSSR count). The van der Waals surface area contributed by atoms with Crippen LogP contribution in [0.4, 0.5) is 0 Å². The van der Waals surface area contributed by atoms with Gasteiger partial charge in [0.25, 0.3) is 0 Å². The van der Waals surface area contributed by atoms with Crippen molar-refractivity contribution in [2.75, 3.05) is 19.9 Å². The average Bonchev–Trinajstić information content (AvgIpc) is 3.51. The van der Waals surface area contributed by atoms with Crippen molar-refractivity contribution in [1.82, 2.24) is 29.5 Å². The summed E-state index contributed by atoms with van der Waals surface area (Å²) in [6.07, 6.45) is 9.77. The predicted molar refractivity (Wildman–Crippen MR) is 139 cm³/mol. The molecular formula is C28H36N6O. The lowest BCUT2D eigenvalue weighted by Crippen LogP contribution is -2.42. The topological polar surface area (TPSA) is 71.3 Å². The standard InChI is InChI=1S/C28H36N6O/c1-17(2)25-26(22-14-34-28(29-15-30-34)19(4)18(22)3)32-24-11-10-23(31-27(24)25)20-6-8-21(9-7-20)33-12-5-13-35-16-33/h10-11,14-15,17,20-21,32H,5-9,12-13,16H2,1-4H3. The Hall–Kier alpha value is -2.77. The van der Waals surface area contributed by atoms with E-state index in [1.807, 2.05) is 4.52 Å². The number of aryl methyl sites for hydroxylation is 1. The molecule has 4 aromatic rings. The van der Waals surface area contributed by atoms with Crippen LogP contribution in [0.25, 0.3) is 27.9 Å². The fourth-order valence-electron chi connectivity index (χ4n) is 6.20.